The van der Waals surface area contributed by atoms with E-state index in [0.29, 0.717) is 11.8 Å². The lowest BCUT2D eigenvalue weighted by molar-refractivity contribution is 0.346. The van der Waals surface area contributed by atoms with Crippen LogP contribution in [0.4, 0.5) is 5.95 Å². The number of hydrogen-bond acceptors (Lipinski definition) is 4. The number of rotatable bonds is 5. The molecule has 0 bridgehead atoms. The van der Waals surface area contributed by atoms with Crippen LogP contribution in [0.5, 0.6) is 0 Å². The Balaban J connectivity index is 1.56. The summed E-state index contributed by atoms with van der Waals surface area (Å²) in [5, 5.41) is 0. The first-order chi connectivity index (χ1) is 10.2. The Morgan fingerprint density at radius 3 is 2.52 bits per heavy atom. The summed E-state index contributed by atoms with van der Waals surface area (Å²) in [6.45, 7) is 9.60. The molecule has 0 radical (unpaired) electrons. The van der Waals surface area contributed by atoms with Gasteiger partial charge in [-0.05, 0) is 12.0 Å². The van der Waals surface area contributed by atoms with Crippen molar-refractivity contribution in [2.45, 2.75) is 39.7 Å². The van der Waals surface area contributed by atoms with E-state index < -0.39 is 0 Å². The van der Waals surface area contributed by atoms with Crippen molar-refractivity contribution < 1.29 is 0 Å². The fourth-order valence-electron chi connectivity index (χ4n) is 2.80. The van der Waals surface area contributed by atoms with Crippen LogP contribution < -0.4 is 4.90 Å². The smallest absolute Gasteiger partial charge is 0.225 e. The van der Waals surface area contributed by atoms with Crippen LogP contribution in [0.2, 0.25) is 0 Å². The van der Waals surface area contributed by atoms with Gasteiger partial charge in [-0.2, -0.15) is 0 Å². The van der Waals surface area contributed by atoms with E-state index in [1.165, 1.54) is 11.4 Å². The van der Waals surface area contributed by atoms with Gasteiger partial charge in [-0.1, -0.05) is 20.8 Å². The van der Waals surface area contributed by atoms with Gasteiger partial charge < -0.3 is 9.47 Å². The second-order valence-corrected chi connectivity index (χ2v) is 6.11. The van der Waals surface area contributed by atoms with Gasteiger partial charge in [0.25, 0.3) is 0 Å². The van der Waals surface area contributed by atoms with E-state index in [-0.39, 0.29) is 0 Å². The standard InChI is InChI=1S/C16H23N5/c1-4-13-7-18-16(19-8-13)21-10-14(11-21)9-20-6-5-17-15(20)12(2)3/h5-8,12,14H,4,9-11H2,1-3H3. The molecule has 2 aromatic rings. The van der Waals surface area contributed by atoms with Crippen molar-refractivity contribution in [3.63, 3.8) is 0 Å². The number of anilines is 1. The molecule has 1 aliphatic rings. The number of aromatic nitrogens is 4. The third-order valence-corrected chi connectivity index (χ3v) is 4.06. The Kier molecular flexibility index (Phi) is 3.90. The van der Waals surface area contributed by atoms with Gasteiger partial charge in [-0.3, -0.25) is 0 Å². The minimum absolute atomic E-state index is 0.473. The van der Waals surface area contributed by atoms with Crippen LogP contribution in [0.25, 0.3) is 0 Å². The quantitative estimate of drug-likeness (QED) is 0.847. The zero-order valence-corrected chi connectivity index (χ0v) is 13.0. The molecule has 0 aliphatic carbocycles. The maximum absolute atomic E-state index is 4.45. The van der Waals surface area contributed by atoms with Crippen molar-refractivity contribution in [3.05, 3.63) is 36.2 Å². The highest BCUT2D eigenvalue weighted by molar-refractivity contribution is 5.34. The van der Waals surface area contributed by atoms with Crippen LogP contribution in [0, 0.1) is 5.92 Å². The Labute approximate surface area is 126 Å². The summed E-state index contributed by atoms with van der Waals surface area (Å²) in [4.78, 5) is 15.6. The van der Waals surface area contributed by atoms with Crippen molar-refractivity contribution >= 4 is 5.95 Å². The monoisotopic (exact) mass is 285 g/mol. The van der Waals surface area contributed by atoms with Gasteiger partial charge in [-0.15, -0.1) is 0 Å². The van der Waals surface area contributed by atoms with Gasteiger partial charge in [0.15, 0.2) is 0 Å². The Bertz CT molecular complexity index is 581. The molecule has 1 fully saturated rings. The third kappa shape index (κ3) is 2.91. The second kappa shape index (κ2) is 5.84. The molecule has 0 atom stereocenters. The molecule has 0 spiro atoms. The summed E-state index contributed by atoms with van der Waals surface area (Å²) in [5.74, 6) is 3.17. The van der Waals surface area contributed by atoms with E-state index in [9.17, 15) is 0 Å². The van der Waals surface area contributed by atoms with Crippen LogP contribution in [-0.4, -0.2) is 32.6 Å². The van der Waals surface area contributed by atoms with Crippen molar-refractivity contribution in [2.75, 3.05) is 18.0 Å². The van der Waals surface area contributed by atoms with Crippen LogP contribution in [-0.2, 0) is 13.0 Å². The highest BCUT2D eigenvalue weighted by Crippen LogP contribution is 2.23. The molecule has 0 aromatic carbocycles. The molecule has 2 aromatic heterocycles. The molecular weight excluding hydrogens is 262 g/mol. The summed E-state index contributed by atoms with van der Waals surface area (Å²) in [6.07, 6.45) is 8.84. The van der Waals surface area contributed by atoms with Gasteiger partial charge in [-0.25, -0.2) is 15.0 Å². The molecule has 3 rings (SSSR count). The molecule has 1 saturated heterocycles. The summed E-state index contributed by atoms with van der Waals surface area (Å²) in [6, 6.07) is 0. The second-order valence-electron chi connectivity index (χ2n) is 6.11. The normalized spacial score (nSPS) is 15.5. The van der Waals surface area contributed by atoms with Crippen molar-refractivity contribution in [3.8, 4) is 0 Å². The SMILES string of the molecule is CCc1cnc(N2CC(Cn3ccnc3C(C)C)C2)nc1. The van der Waals surface area contributed by atoms with E-state index in [1.54, 1.807) is 0 Å². The fourth-order valence-corrected chi connectivity index (χ4v) is 2.80. The fraction of sp³-hybridized carbons (Fsp3) is 0.562. The molecule has 5 nitrogen and oxygen atoms in total. The van der Waals surface area contributed by atoms with E-state index >= 15 is 0 Å². The van der Waals surface area contributed by atoms with Gasteiger partial charge in [0.2, 0.25) is 5.95 Å². The maximum Gasteiger partial charge on any atom is 0.225 e. The average Bonchev–Trinajstić information content (AvgIpc) is 2.91. The highest BCUT2D eigenvalue weighted by atomic mass is 15.3. The lowest BCUT2D eigenvalue weighted by Crippen LogP contribution is -2.49. The minimum Gasteiger partial charge on any atom is -0.340 e. The molecule has 112 valence electrons. The van der Waals surface area contributed by atoms with E-state index in [4.69, 9.17) is 0 Å². The van der Waals surface area contributed by atoms with Crippen molar-refractivity contribution in [2.24, 2.45) is 5.92 Å². The number of aryl methyl sites for hydroxylation is 1. The summed E-state index contributed by atoms with van der Waals surface area (Å²) in [7, 11) is 0. The summed E-state index contributed by atoms with van der Waals surface area (Å²) >= 11 is 0. The van der Waals surface area contributed by atoms with Gasteiger partial charge >= 0.3 is 0 Å². The minimum atomic E-state index is 0.473. The largest absolute Gasteiger partial charge is 0.340 e. The first-order valence-corrected chi connectivity index (χ1v) is 7.74. The van der Waals surface area contributed by atoms with Gasteiger partial charge in [0.05, 0.1) is 0 Å². The third-order valence-electron chi connectivity index (χ3n) is 4.06. The van der Waals surface area contributed by atoms with Gasteiger partial charge in [0, 0.05) is 56.3 Å². The molecule has 21 heavy (non-hydrogen) atoms. The first-order valence-electron chi connectivity index (χ1n) is 7.74. The molecule has 0 saturated carbocycles. The molecule has 0 amide bonds. The average molecular weight is 285 g/mol. The molecular formula is C16H23N5. The van der Waals surface area contributed by atoms with E-state index in [1.807, 2.05) is 18.6 Å². The number of hydrogen-bond donors (Lipinski definition) is 0. The van der Waals surface area contributed by atoms with Crippen molar-refractivity contribution in [1.29, 1.82) is 0 Å². The zero-order chi connectivity index (χ0) is 14.8. The molecule has 1 aliphatic heterocycles. The Morgan fingerprint density at radius 2 is 1.90 bits per heavy atom. The van der Waals surface area contributed by atoms with E-state index in [0.717, 1.165) is 32.0 Å². The number of nitrogens with zero attached hydrogens (tertiary/aromatic N) is 5. The number of imidazole rings is 1. The molecule has 3 heterocycles. The topological polar surface area (TPSA) is 46.8 Å². The van der Waals surface area contributed by atoms with Crippen molar-refractivity contribution in [1.82, 2.24) is 19.5 Å². The maximum atomic E-state index is 4.45. The lowest BCUT2D eigenvalue weighted by atomic mass is 10.0. The first kappa shape index (κ1) is 14.0. The predicted molar refractivity (Wildman–Crippen MR) is 83.4 cm³/mol. The van der Waals surface area contributed by atoms with Crippen LogP contribution in [0.15, 0.2) is 24.8 Å². The summed E-state index contributed by atoms with van der Waals surface area (Å²) in [5.41, 5.74) is 1.19. The van der Waals surface area contributed by atoms with Crippen LogP contribution in [0.3, 0.4) is 0 Å². The van der Waals surface area contributed by atoms with Crippen LogP contribution >= 0.6 is 0 Å². The molecule has 0 N–H and O–H groups in total. The Hall–Kier alpha value is -1.91. The molecule has 5 heteroatoms. The highest BCUT2D eigenvalue weighted by Gasteiger charge is 2.29. The molecule has 0 unspecified atom stereocenters. The van der Waals surface area contributed by atoms with Gasteiger partial charge in [0.1, 0.15) is 5.82 Å². The Morgan fingerprint density at radius 1 is 1.19 bits per heavy atom. The van der Waals surface area contributed by atoms with E-state index in [2.05, 4.69) is 51.4 Å². The summed E-state index contributed by atoms with van der Waals surface area (Å²) < 4.78 is 2.29. The van der Waals surface area contributed by atoms with Crippen LogP contribution in [0.1, 0.15) is 38.1 Å². The predicted octanol–water partition coefficient (Wildman–Crippen LogP) is 2.50. The lowest BCUT2D eigenvalue weighted by Gasteiger charge is -2.39. The zero-order valence-electron chi connectivity index (χ0n) is 13.0.